The molecule has 0 aliphatic rings. The zero-order valence-electron chi connectivity index (χ0n) is 41.5. The van der Waals surface area contributed by atoms with E-state index in [-0.39, 0.29) is 10.8 Å². The van der Waals surface area contributed by atoms with Crippen molar-refractivity contribution in [1.82, 2.24) is 0 Å². The average Bonchev–Trinajstić information content (AvgIpc) is 3.21. The first kappa shape index (κ1) is 55.7. The molecule has 348 valence electrons. The topological polar surface area (TPSA) is 18.5 Å². The minimum atomic E-state index is -0.0455. The van der Waals surface area contributed by atoms with E-state index in [4.69, 9.17) is 9.47 Å². The number of aryl methyl sites for hydroxylation is 2. The van der Waals surface area contributed by atoms with Crippen molar-refractivity contribution < 1.29 is 9.47 Å². The molecule has 0 unspecified atom stereocenters. The molecule has 2 nitrogen and oxygen atoms in total. The summed E-state index contributed by atoms with van der Waals surface area (Å²) in [6.45, 7) is 22.7. The molecule has 5 heteroatoms. The lowest BCUT2D eigenvalue weighted by Crippen LogP contribution is -2.14. The molecular weight excluding hydrogens is 801 g/mol. The summed E-state index contributed by atoms with van der Waals surface area (Å²) >= 11 is 5.91. The molecule has 0 atom stereocenters. The summed E-state index contributed by atoms with van der Waals surface area (Å²) in [6, 6.07) is 9.21. The van der Waals surface area contributed by atoms with E-state index in [0.717, 1.165) is 23.0 Å². The summed E-state index contributed by atoms with van der Waals surface area (Å²) in [4.78, 5) is 2.56. The first-order chi connectivity index (χ1) is 29.4. The van der Waals surface area contributed by atoms with Gasteiger partial charge in [-0.2, -0.15) is 23.5 Å². The zero-order chi connectivity index (χ0) is 44.6. The second-order valence-electron chi connectivity index (χ2n) is 19.7. The van der Waals surface area contributed by atoms with E-state index in [1.807, 2.05) is 47.8 Å². The molecule has 2 aromatic carbocycles. The van der Waals surface area contributed by atoms with Gasteiger partial charge in [0.25, 0.3) is 0 Å². The lowest BCUT2D eigenvalue weighted by molar-refractivity contribution is 0.452. The van der Waals surface area contributed by atoms with Gasteiger partial charge in [-0.25, -0.2) is 0 Å². The van der Waals surface area contributed by atoms with Crippen LogP contribution >= 0.6 is 35.3 Å². The predicted octanol–water partition coefficient (Wildman–Crippen LogP) is 19.7. The van der Waals surface area contributed by atoms with Gasteiger partial charge in [-0.3, -0.25) is 0 Å². The molecule has 2 aromatic rings. The van der Waals surface area contributed by atoms with E-state index in [9.17, 15) is 0 Å². The smallest absolute Gasteiger partial charge is 0.130 e. The van der Waals surface area contributed by atoms with Crippen LogP contribution in [0.4, 0.5) is 0 Å². The highest BCUT2D eigenvalue weighted by Gasteiger charge is 2.24. The van der Waals surface area contributed by atoms with E-state index in [2.05, 4.69) is 106 Å². The van der Waals surface area contributed by atoms with Crippen LogP contribution < -0.4 is 9.47 Å². The molecule has 61 heavy (non-hydrogen) atoms. The summed E-state index contributed by atoms with van der Waals surface area (Å²) < 4.78 is 12.7. The number of rotatable bonds is 36. The Balaban J connectivity index is 1.82. The molecule has 0 aliphatic carbocycles. The van der Waals surface area contributed by atoms with Crippen LogP contribution in [0.25, 0.3) is 0 Å². The Morgan fingerprint density at radius 3 is 1.02 bits per heavy atom. The third-order valence-electron chi connectivity index (χ3n) is 11.7. The van der Waals surface area contributed by atoms with Gasteiger partial charge >= 0.3 is 0 Å². The highest BCUT2D eigenvalue weighted by atomic mass is 32.2. The third-order valence-corrected chi connectivity index (χ3v) is 15.0. The second kappa shape index (κ2) is 34.0. The molecule has 0 saturated heterocycles. The fourth-order valence-corrected chi connectivity index (χ4v) is 10.4. The summed E-state index contributed by atoms with van der Waals surface area (Å²) in [6.07, 6.45) is 41.9. The Bertz CT molecular complexity index is 1350. The third kappa shape index (κ3) is 26.2. The molecule has 0 radical (unpaired) electrons. The number of hydrogen-bond acceptors (Lipinski definition) is 5. The Morgan fingerprint density at radius 1 is 0.426 bits per heavy atom. The Morgan fingerprint density at radius 2 is 0.721 bits per heavy atom. The summed E-state index contributed by atoms with van der Waals surface area (Å²) in [5.41, 5.74) is 4.87. The highest BCUT2D eigenvalue weighted by molar-refractivity contribution is 7.99. The monoisotopic (exact) mass is 895 g/mol. The standard InChI is InChI=1S/C56H94O2S3/c1-11-13-15-17-19-21-23-25-27-29-31-33-39-59-41-35-37-57-51-43-47(3)53(45-49(51)55(5,6)7)61-54-46-50(56(8,9)10)52(44-48(54)4)58-38-36-42-60-40-34-32-30-28-26-24-22-20-18-16-14-12-2/h35-38,43-46H,11-34,39-42H2,1-10H3. The molecule has 2 rings (SSSR count). The van der Waals surface area contributed by atoms with Gasteiger partial charge in [-0.15, -0.1) is 0 Å². The Hall–Kier alpha value is -1.43. The quantitative estimate of drug-likeness (QED) is 0.0500. The lowest BCUT2D eigenvalue weighted by Gasteiger charge is -2.25. The van der Waals surface area contributed by atoms with Crippen LogP contribution in [0.1, 0.15) is 232 Å². The van der Waals surface area contributed by atoms with Crippen LogP contribution in [0.2, 0.25) is 0 Å². The molecule has 0 amide bonds. The maximum absolute atomic E-state index is 6.35. The zero-order valence-corrected chi connectivity index (χ0v) is 43.9. The SMILES string of the molecule is CCCCCCCCCCCCCCSCC=COc1cc(C)c(Sc2cc(C(C)(C)C)c(OC=CCSCCCCCCCCCCCCCC)cc2C)cc1C(C)(C)C. The molecule has 0 saturated carbocycles. The highest BCUT2D eigenvalue weighted by Crippen LogP contribution is 2.43. The van der Waals surface area contributed by atoms with Crippen molar-refractivity contribution in [3.8, 4) is 11.5 Å². The van der Waals surface area contributed by atoms with Crippen molar-refractivity contribution in [2.75, 3.05) is 23.0 Å². The maximum Gasteiger partial charge on any atom is 0.130 e. The molecular formula is C56H94O2S3. The average molecular weight is 896 g/mol. The van der Waals surface area contributed by atoms with E-state index in [0.29, 0.717) is 0 Å². The summed E-state index contributed by atoms with van der Waals surface area (Å²) in [7, 11) is 0. The van der Waals surface area contributed by atoms with Crippen LogP contribution in [0, 0.1) is 13.8 Å². The van der Waals surface area contributed by atoms with Crippen LogP contribution in [0.3, 0.4) is 0 Å². The number of benzene rings is 2. The van der Waals surface area contributed by atoms with Gasteiger partial charge in [-0.1, -0.05) is 208 Å². The van der Waals surface area contributed by atoms with E-state index < -0.39 is 0 Å². The van der Waals surface area contributed by atoms with Crippen molar-refractivity contribution >= 4 is 35.3 Å². The maximum atomic E-state index is 6.35. The van der Waals surface area contributed by atoms with Crippen molar-refractivity contribution in [2.45, 2.75) is 244 Å². The normalized spacial score (nSPS) is 12.4. The Kier molecular flexibility index (Phi) is 31.0. The molecule has 0 heterocycles. The molecule has 0 N–H and O–H groups in total. The second-order valence-corrected chi connectivity index (χ2v) is 23.1. The molecule has 0 fully saturated rings. The van der Waals surface area contributed by atoms with Gasteiger partial charge in [0.05, 0.1) is 12.5 Å². The first-order valence-electron chi connectivity index (χ1n) is 25.1. The minimum Gasteiger partial charge on any atom is -0.465 e. The van der Waals surface area contributed by atoms with Crippen LogP contribution in [-0.4, -0.2) is 23.0 Å². The number of hydrogen-bond donors (Lipinski definition) is 0. The van der Waals surface area contributed by atoms with Crippen LogP contribution in [0.5, 0.6) is 11.5 Å². The van der Waals surface area contributed by atoms with Gasteiger partial charge < -0.3 is 9.47 Å². The first-order valence-corrected chi connectivity index (χ1v) is 28.3. The van der Waals surface area contributed by atoms with Gasteiger partial charge in [0, 0.05) is 32.4 Å². The van der Waals surface area contributed by atoms with E-state index in [1.165, 1.54) is 198 Å². The van der Waals surface area contributed by atoms with Gasteiger partial charge in [-0.05, 0) is 96.6 Å². The Labute approximate surface area is 392 Å². The van der Waals surface area contributed by atoms with Crippen molar-refractivity contribution in [2.24, 2.45) is 0 Å². The summed E-state index contributed by atoms with van der Waals surface area (Å²) in [5.74, 6) is 6.40. The van der Waals surface area contributed by atoms with Crippen LogP contribution in [0.15, 0.2) is 58.7 Å². The number of unbranched alkanes of at least 4 members (excludes halogenated alkanes) is 22. The van der Waals surface area contributed by atoms with Crippen molar-refractivity contribution in [1.29, 1.82) is 0 Å². The number of thioether (sulfide) groups is 2. The molecule has 0 bridgehead atoms. The van der Waals surface area contributed by atoms with Gasteiger partial charge in [0.2, 0.25) is 0 Å². The fourth-order valence-electron chi connectivity index (χ4n) is 7.74. The largest absolute Gasteiger partial charge is 0.465 e. The van der Waals surface area contributed by atoms with Crippen LogP contribution in [-0.2, 0) is 10.8 Å². The van der Waals surface area contributed by atoms with Crippen molar-refractivity contribution in [3.63, 3.8) is 0 Å². The van der Waals surface area contributed by atoms with E-state index >= 15 is 0 Å². The van der Waals surface area contributed by atoms with Gasteiger partial charge in [0.15, 0.2) is 0 Å². The number of ether oxygens (including phenoxy) is 2. The lowest BCUT2D eigenvalue weighted by atomic mass is 9.86. The minimum absolute atomic E-state index is 0.0455. The fraction of sp³-hybridized carbons (Fsp3) is 0.714. The molecule has 0 aliphatic heterocycles. The predicted molar refractivity (Wildman–Crippen MR) is 280 cm³/mol. The van der Waals surface area contributed by atoms with E-state index in [1.54, 1.807) is 0 Å². The summed E-state index contributed by atoms with van der Waals surface area (Å²) in [5, 5.41) is 0. The molecule has 0 aromatic heterocycles. The van der Waals surface area contributed by atoms with Crippen molar-refractivity contribution in [3.05, 3.63) is 71.2 Å². The molecule has 0 spiro atoms. The van der Waals surface area contributed by atoms with Gasteiger partial charge in [0.1, 0.15) is 11.5 Å².